The van der Waals surface area contributed by atoms with E-state index in [9.17, 15) is 19.8 Å². The first-order valence-corrected chi connectivity index (χ1v) is 13.6. The van der Waals surface area contributed by atoms with E-state index < -0.39 is 6.10 Å². The first kappa shape index (κ1) is 25.2. The molecular formula is C28H46O5. The Labute approximate surface area is 200 Å². The van der Waals surface area contributed by atoms with Crippen LogP contribution in [0.5, 0.6) is 0 Å². The minimum Gasteiger partial charge on any atom is -0.463 e. The van der Waals surface area contributed by atoms with Crippen LogP contribution < -0.4 is 0 Å². The molecule has 5 nitrogen and oxygen atoms in total. The molecule has 0 spiro atoms. The molecule has 0 heterocycles. The lowest BCUT2D eigenvalue weighted by molar-refractivity contribution is -0.205. The van der Waals surface area contributed by atoms with Crippen LogP contribution in [0.4, 0.5) is 0 Å². The molecule has 2 N–H and O–H groups in total. The van der Waals surface area contributed by atoms with E-state index >= 15 is 0 Å². The topological polar surface area (TPSA) is 83.8 Å². The van der Waals surface area contributed by atoms with Crippen LogP contribution >= 0.6 is 0 Å². The Morgan fingerprint density at radius 1 is 1.18 bits per heavy atom. The lowest BCUT2D eigenvalue weighted by Crippen LogP contribution is -2.65. The second-order valence-electron chi connectivity index (χ2n) is 12.5. The zero-order valence-corrected chi connectivity index (χ0v) is 21.4. The molecule has 0 aromatic rings. The quantitative estimate of drug-likeness (QED) is 0.556. The Balaban J connectivity index is 1.66. The number of hydrogen-bond acceptors (Lipinski definition) is 5. The normalized spacial score (nSPS) is 47.9. The highest BCUT2D eigenvalue weighted by Crippen LogP contribution is 2.68. The molecule has 4 aliphatic carbocycles. The number of aliphatic hydroxyl groups is 2. The zero-order chi connectivity index (χ0) is 24.1. The number of ketones is 1. The molecule has 0 aromatic heterocycles. The summed E-state index contributed by atoms with van der Waals surface area (Å²) < 4.78 is 5.61. The average Bonchev–Trinajstić information content (AvgIpc) is 3.09. The number of carbonyl (C=O) groups is 2. The van der Waals surface area contributed by atoms with Crippen LogP contribution in [-0.4, -0.2) is 40.8 Å². The van der Waals surface area contributed by atoms with Gasteiger partial charge in [-0.1, -0.05) is 34.1 Å². The Morgan fingerprint density at radius 3 is 2.55 bits per heavy atom. The minimum atomic E-state index is -0.464. The first-order valence-electron chi connectivity index (χ1n) is 13.6. The van der Waals surface area contributed by atoms with Crippen molar-refractivity contribution < 1.29 is 24.5 Å². The number of fused-ring (bicyclic) bond motifs is 5. The third-order valence-corrected chi connectivity index (χ3v) is 11.0. The maximum Gasteiger partial charge on any atom is 0.302 e. The van der Waals surface area contributed by atoms with E-state index in [1.807, 2.05) is 0 Å². The van der Waals surface area contributed by atoms with E-state index in [0.29, 0.717) is 30.0 Å². The van der Waals surface area contributed by atoms with Crippen molar-refractivity contribution in [3.05, 3.63) is 0 Å². The second-order valence-corrected chi connectivity index (χ2v) is 12.5. The van der Waals surface area contributed by atoms with Crippen LogP contribution in [0.1, 0.15) is 92.4 Å². The fourth-order valence-electron chi connectivity index (χ4n) is 9.68. The van der Waals surface area contributed by atoms with Gasteiger partial charge in [0.15, 0.2) is 0 Å². The summed E-state index contributed by atoms with van der Waals surface area (Å²) in [6.45, 7) is 10.8. The van der Waals surface area contributed by atoms with Crippen molar-refractivity contribution in [3.8, 4) is 0 Å². The van der Waals surface area contributed by atoms with Gasteiger partial charge < -0.3 is 14.9 Å². The monoisotopic (exact) mass is 462 g/mol. The lowest BCUT2D eigenvalue weighted by Gasteiger charge is -2.64. The predicted molar refractivity (Wildman–Crippen MR) is 127 cm³/mol. The van der Waals surface area contributed by atoms with Crippen LogP contribution in [0.25, 0.3) is 0 Å². The van der Waals surface area contributed by atoms with Gasteiger partial charge in [-0.2, -0.15) is 0 Å². The molecule has 0 bridgehead atoms. The van der Waals surface area contributed by atoms with Crippen molar-refractivity contribution in [2.45, 2.75) is 105 Å². The molecule has 4 rings (SSSR count). The van der Waals surface area contributed by atoms with Crippen LogP contribution in [0.2, 0.25) is 0 Å². The Morgan fingerprint density at radius 2 is 1.91 bits per heavy atom. The summed E-state index contributed by atoms with van der Waals surface area (Å²) in [5, 5.41) is 21.2. The number of hydrogen-bond donors (Lipinski definition) is 2. The highest BCUT2D eigenvalue weighted by Gasteiger charge is 2.67. The highest BCUT2D eigenvalue weighted by molar-refractivity contribution is 5.84. The summed E-state index contributed by atoms with van der Waals surface area (Å²) in [4.78, 5) is 25.6. The molecule has 33 heavy (non-hydrogen) atoms. The van der Waals surface area contributed by atoms with Crippen LogP contribution in [0, 0.1) is 52.3 Å². The summed E-state index contributed by atoms with van der Waals surface area (Å²) in [6.07, 6.45) is 7.50. The fraction of sp³-hybridized carbons (Fsp3) is 0.929. The molecule has 4 saturated carbocycles. The van der Waals surface area contributed by atoms with E-state index in [1.165, 1.54) is 6.92 Å². The zero-order valence-electron chi connectivity index (χ0n) is 21.4. The summed E-state index contributed by atoms with van der Waals surface area (Å²) in [7, 11) is 0. The molecule has 0 radical (unpaired) electrons. The molecular weight excluding hydrogens is 416 g/mol. The van der Waals surface area contributed by atoms with Crippen molar-refractivity contribution in [2.24, 2.45) is 52.3 Å². The number of ether oxygens (including phenoxy) is 1. The number of aliphatic hydroxyl groups excluding tert-OH is 2. The van der Waals surface area contributed by atoms with Gasteiger partial charge in [-0.25, -0.2) is 0 Å². The van der Waals surface area contributed by atoms with Gasteiger partial charge in [0.1, 0.15) is 11.9 Å². The second kappa shape index (κ2) is 9.26. The largest absolute Gasteiger partial charge is 0.463 e. The average molecular weight is 463 g/mol. The number of carbonyl (C=O) groups excluding carboxylic acids is 2. The van der Waals surface area contributed by atoms with Crippen LogP contribution in [-0.2, 0) is 14.3 Å². The van der Waals surface area contributed by atoms with E-state index in [2.05, 4.69) is 27.7 Å². The molecule has 4 aliphatic rings. The van der Waals surface area contributed by atoms with Gasteiger partial charge in [-0.05, 0) is 91.3 Å². The van der Waals surface area contributed by atoms with Gasteiger partial charge >= 0.3 is 5.97 Å². The molecule has 188 valence electrons. The first-order chi connectivity index (χ1) is 15.6. The van der Waals surface area contributed by atoms with Gasteiger partial charge in [0.05, 0.1) is 6.10 Å². The van der Waals surface area contributed by atoms with E-state index in [4.69, 9.17) is 4.74 Å². The summed E-state index contributed by atoms with van der Waals surface area (Å²) in [5.74, 6) is 1.81. The summed E-state index contributed by atoms with van der Waals surface area (Å²) in [5.41, 5.74) is -0.176. The van der Waals surface area contributed by atoms with Gasteiger partial charge in [-0.3, -0.25) is 9.59 Å². The Kier molecular flexibility index (Phi) is 7.06. The van der Waals surface area contributed by atoms with E-state index in [1.54, 1.807) is 0 Å². The Bertz CT molecular complexity index is 751. The standard InChI is InChI=1S/C28H46O5/c1-6-19-22-14-18(33-17(3)30)11-12-27(22,4)25-23(31)15-28(5)20(16(2)8-7-13-29)9-10-21(28)24(25)26(19)32/h16,18-22,24-26,29,32H,6-15H2,1-5H3/t16-,18-,19-,20-,21?,22+,24?,25?,26-,27+,28-/m1/s1. The van der Waals surface area contributed by atoms with E-state index in [-0.39, 0.29) is 53.2 Å². The molecule has 4 fully saturated rings. The third kappa shape index (κ3) is 3.99. The van der Waals surface area contributed by atoms with Gasteiger partial charge in [0, 0.05) is 25.9 Å². The highest BCUT2D eigenvalue weighted by atomic mass is 16.5. The fourth-order valence-corrected chi connectivity index (χ4v) is 9.68. The number of esters is 1. The minimum absolute atomic E-state index is 0.0442. The molecule has 11 atom stereocenters. The van der Waals surface area contributed by atoms with Crippen molar-refractivity contribution in [2.75, 3.05) is 6.61 Å². The Hall–Kier alpha value is -0.940. The number of rotatable bonds is 6. The smallest absolute Gasteiger partial charge is 0.302 e. The van der Waals surface area contributed by atoms with Crippen molar-refractivity contribution >= 4 is 11.8 Å². The van der Waals surface area contributed by atoms with E-state index in [0.717, 1.165) is 51.4 Å². The summed E-state index contributed by atoms with van der Waals surface area (Å²) >= 11 is 0. The molecule has 0 saturated heterocycles. The predicted octanol–water partition coefficient (Wildman–Crippen LogP) is 4.77. The molecule has 0 aliphatic heterocycles. The van der Waals surface area contributed by atoms with Crippen molar-refractivity contribution in [1.82, 2.24) is 0 Å². The van der Waals surface area contributed by atoms with Crippen molar-refractivity contribution in [1.29, 1.82) is 0 Å². The van der Waals surface area contributed by atoms with Gasteiger partial charge in [-0.15, -0.1) is 0 Å². The lowest BCUT2D eigenvalue weighted by atomic mass is 9.41. The maximum atomic E-state index is 14.0. The van der Waals surface area contributed by atoms with Gasteiger partial charge in [0.2, 0.25) is 0 Å². The third-order valence-electron chi connectivity index (χ3n) is 11.0. The van der Waals surface area contributed by atoms with Crippen molar-refractivity contribution in [3.63, 3.8) is 0 Å². The molecule has 0 aromatic carbocycles. The maximum absolute atomic E-state index is 14.0. The molecule has 3 unspecified atom stereocenters. The molecule has 5 heteroatoms. The van der Waals surface area contributed by atoms with Crippen LogP contribution in [0.15, 0.2) is 0 Å². The molecule has 0 amide bonds. The summed E-state index contributed by atoms with van der Waals surface area (Å²) in [6, 6.07) is 0. The number of Topliss-reactive ketones (excluding diaryl/α,β-unsaturated/α-hetero) is 1. The van der Waals surface area contributed by atoms with Crippen LogP contribution in [0.3, 0.4) is 0 Å². The SMILES string of the molecule is CC[C@H]1[C@@H](O)C2C3CC[C@H]([C@H](C)CCCO)[C@@]3(C)CC(=O)C2[C@@]2(C)CC[C@@H](OC(C)=O)C[C@@H]12. The van der Waals surface area contributed by atoms with Gasteiger partial charge in [0.25, 0.3) is 0 Å².